The summed E-state index contributed by atoms with van der Waals surface area (Å²) in [6, 6.07) is 12.6. The van der Waals surface area contributed by atoms with E-state index in [9.17, 15) is 4.39 Å². The van der Waals surface area contributed by atoms with Gasteiger partial charge in [0.2, 0.25) is 0 Å². The normalized spacial score (nSPS) is 17.3. The van der Waals surface area contributed by atoms with E-state index in [2.05, 4.69) is 11.0 Å². The number of hydrogen-bond donors (Lipinski definition) is 0. The van der Waals surface area contributed by atoms with Crippen molar-refractivity contribution in [3.63, 3.8) is 0 Å². The predicted molar refractivity (Wildman–Crippen MR) is 93.0 cm³/mol. The first-order valence-corrected chi connectivity index (χ1v) is 8.30. The van der Waals surface area contributed by atoms with Crippen LogP contribution in [0.3, 0.4) is 0 Å². The lowest BCUT2D eigenvalue weighted by molar-refractivity contribution is 0.239. The fraction of sp³-hybridized carbons (Fsp3) is 0.350. The summed E-state index contributed by atoms with van der Waals surface area (Å²) < 4.78 is 25.0. The minimum atomic E-state index is -0.272. The van der Waals surface area contributed by atoms with Crippen molar-refractivity contribution in [2.75, 3.05) is 20.8 Å². The zero-order valence-corrected chi connectivity index (χ0v) is 14.5. The lowest BCUT2D eigenvalue weighted by atomic mass is 10.0. The number of methoxy groups -OCH3 is 2. The molecule has 2 aromatic rings. The number of benzene rings is 2. The molecule has 0 aliphatic carbocycles. The Kier molecular flexibility index (Phi) is 5.20. The van der Waals surface area contributed by atoms with Crippen molar-refractivity contribution < 1.29 is 13.9 Å². The van der Waals surface area contributed by atoms with Crippen LogP contribution in [0.15, 0.2) is 36.4 Å². The molecule has 0 aromatic heterocycles. The Morgan fingerprint density at radius 3 is 2.76 bits per heavy atom. The molecule has 2 aromatic carbocycles. The van der Waals surface area contributed by atoms with E-state index in [4.69, 9.17) is 14.7 Å². The zero-order valence-electron chi connectivity index (χ0n) is 14.5. The molecule has 3 rings (SSSR count). The predicted octanol–water partition coefficient (Wildman–Crippen LogP) is 4.05. The number of ether oxygens (including phenoxy) is 2. The van der Waals surface area contributed by atoms with Gasteiger partial charge in [-0.1, -0.05) is 6.07 Å². The van der Waals surface area contributed by atoms with Gasteiger partial charge in [0.1, 0.15) is 17.3 Å². The van der Waals surface area contributed by atoms with E-state index >= 15 is 0 Å². The van der Waals surface area contributed by atoms with Gasteiger partial charge in [-0.25, -0.2) is 4.39 Å². The van der Waals surface area contributed by atoms with Gasteiger partial charge in [0, 0.05) is 29.8 Å². The van der Waals surface area contributed by atoms with Crippen molar-refractivity contribution in [3.8, 4) is 17.6 Å². The summed E-state index contributed by atoms with van der Waals surface area (Å²) >= 11 is 0. The van der Waals surface area contributed by atoms with Crippen LogP contribution in [0.1, 0.15) is 35.6 Å². The quantitative estimate of drug-likeness (QED) is 0.824. The molecule has 1 fully saturated rings. The molecule has 130 valence electrons. The van der Waals surface area contributed by atoms with Gasteiger partial charge in [-0.3, -0.25) is 4.90 Å². The molecule has 0 amide bonds. The van der Waals surface area contributed by atoms with E-state index in [0.29, 0.717) is 17.7 Å². The van der Waals surface area contributed by atoms with Gasteiger partial charge >= 0.3 is 0 Å². The smallest absolute Gasteiger partial charge is 0.127 e. The molecule has 0 saturated carbocycles. The van der Waals surface area contributed by atoms with Gasteiger partial charge in [0.25, 0.3) is 0 Å². The number of nitrogens with zero attached hydrogens (tertiary/aromatic N) is 2. The molecule has 1 unspecified atom stereocenters. The molecule has 0 bridgehead atoms. The SMILES string of the molecule is COc1ccc(C2CCCN2Cc2cc(C#N)ccc2F)c(OC)c1. The van der Waals surface area contributed by atoms with Crippen LogP contribution in [-0.2, 0) is 6.54 Å². The summed E-state index contributed by atoms with van der Waals surface area (Å²) in [6.45, 7) is 1.36. The van der Waals surface area contributed by atoms with Crippen LogP contribution in [0, 0.1) is 17.1 Å². The Morgan fingerprint density at radius 1 is 1.20 bits per heavy atom. The zero-order chi connectivity index (χ0) is 17.8. The maximum absolute atomic E-state index is 14.2. The van der Waals surface area contributed by atoms with E-state index in [1.54, 1.807) is 20.3 Å². The molecule has 1 saturated heterocycles. The van der Waals surface area contributed by atoms with Crippen molar-refractivity contribution in [3.05, 3.63) is 58.9 Å². The molecule has 0 spiro atoms. The Labute approximate surface area is 147 Å². The lowest BCUT2D eigenvalue weighted by Gasteiger charge is -2.26. The topological polar surface area (TPSA) is 45.5 Å². The minimum absolute atomic E-state index is 0.158. The van der Waals surface area contributed by atoms with E-state index in [1.807, 2.05) is 18.2 Å². The first kappa shape index (κ1) is 17.2. The maximum atomic E-state index is 14.2. The molecule has 0 N–H and O–H groups in total. The van der Waals surface area contributed by atoms with Gasteiger partial charge in [0.05, 0.1) is 25.9 Å². The van der Waals surface area contributed by atoms with E-state index in [0.717, 1.165) is 36.4 Å². The first-order valence-electron chi connectivity index (χ1n) is 8.30. The fourth-order valence-corrected chi connectivity index (χ4v) is 3.45. The first-order chi connectivity index (χ1) is 12.2. The second kappa shape index (κ2) is 7.54. The maximum Gasteiger partial charge on any atom is 0.127 e. The largest absolute Gasteiger partial charge is 0.497 e. The highest BCUT2D eigenvalue weighted by Gasteiger charge is 2.29. The van der Waals surface area contributed by atoms with Gasteiger partial charge in [-0.15, -0.1) is 0 Å². The third-order valence-electron chi connectivity index (χ3n) is 4.71. The third-order valence-corrected chi connectivity index (χ3v) is 4.71. The standard InChI is InChI=1S/C20H21FN2O2/c1-24-16-6-7-17(20(11-16)25-2)19-4-3-9-23(19)13-15-10-14(12-22)5-8-18(15)21/h5-8,10-11,19H,3-4,9,13H2,1-2H3. The second-order valence-corrected chi connectivity index (χ2v) is 6.15. The Morgan fingerprint density at radius 2 is 2.04 bits per heavy atom. The van der Waals surface area contributed by atoms with Gasteiger partial charge in [0.15, 0.2) is 0 Å². The molecular formula is C20H21FN2O2. The molecule has 5 heteroatoms. The average molecular weight is 340 g/mol. The Hall–Kier alpha value is -2.58. The number of rotatable bonds is 5. The lowest BCUT2D eigenvalue weighted by Crippen LogP contribution is -2.23. The monoisotopic (exact) mass is 340 g/mol. The molecule has 1 aliphatic heterocycles. The Balaban J connectivity index is 1.88. The van der Waals surface area contributed by atoms with Crippen LogP contribution in [-0.4, -0.2) is 25.7 Å². The third kappa shape index (κ3) is 3.59. The van der Waals surface area contributed by atoms with E-state index in [1.165, 1.54) is 12.1 Å². The number of halogens is 1. The van der Waals surface area contributed by atoms with Crippen LogP contribution in [0.5, 0.6) is 11.5 Å². The molecule has 1 aliphatic rings. The van der Waals surface area contributed by atoms with Gasteiger partial charge < -0.3 is 9.47 Å². The van der Waals surface area contributed by atoms with E-state index in [-0.39, 0.29) is 11.9 Å². The van der Waals surface area contributed by atoms with E-state index < -0.39 is 0 Å². The van der Waals surface area contributed by atoms with Crippen LogP contribution in [0.25, 0.3) is 0 Å². The molecule has 4 nitrogen and oxygen atoms in total. The van der Waals surface area contributed by atoms with Crippen molar-refractivity contribution >= 4 is 0 Å². The average Bonchev–Trinajstić information content (AvgIpc) is 3.10. The van der Waals surface area contributed by atoms with Crippen LogP contribution in [0.2, 0.25) is 0 Å². The summed E-state index contributed by atoms with van der Waals surface area (Å²) in [6.07, 6.45) is 2.03. The molecule has 1 heterocycles. The van der Waals surface area contributed by atoms with Crippen molar-refractivity contribution in [1.82, 2.24) is 4.90 Å². The number of hydrogen-bond acceptors (Lipinski definition) is 4. The van der Waals surface area contributed by atoms with Crippen molar-refractivity contribution in [2.45, 2.75) is 25.4 Å². The molecular weight excluding hydrogens is 319 g/mol. The summed E-state index contributed by atoms with van der Waals surface area (Å²) in [5.41, 5.74) is 2.12. The number of likely N-dealkylation sites (tertiary alicyclic amines) is 1. The Bertz CT molecular complexity index is 801. The molecule has 1 atom stereocenters. The molecule has 0 radical (unpaired) electrons. The fourth-order valence-electron chi connectivity index (χ4n) is 3.45. The van der Waals surface area contributed by atoms with Crippen LogP contribution in [0.4, 0.5) is 4.39 Å². The summed E-state index contributed by atoms with van der Waals surface area (Å²) in [5.74, 6) is 1.26. The summed E-state index contributed by atoms with van der Waals surface area (Å²) in [4.78, 5) is 2.24. The van der Waals surface area contributed by atoms with Crippen LogP contribution >= 0.6 is 0 Å². The highest BCUT2D eigenvalue weighted by molar-refractivity contribution is 5.43. The highest BCUT2D eigenvalue weighted by Crippen LogP contribution is 2.39. The van der Waals surface area contributed by atoms with Gasteiger partial charge in [-0.2, -0.15) is 5.26 Å². The van der Waals surface area contributed by atoms with Crippen molar-refractivity contribution in [1.29, 1.82) is 5.26 Å². The molecule has 25 heavy (non-hydrogen) atoms. The van der Waals surface area contributed by atoms with Crippen molar-refractivity contribution in [2.24, 2.45) is 0 Å². The second-order valence-electron chi connectivity index (χ2n) is 6.15. The van der Waals surface area contributed by atoms with Crippen LogP contribution < -0.4 is 9.47 Å². The highest BCUT2D eigenvalue weighted by atomic mass is 19.1. The number of nitriles is 1. The summed E-state index contributed by atoms with van der Waals surface area (Å²) in [5, 5.41) is 9.05. The van der Waals surface area contributed by atoms with Gasteiger partial charge in [-0.05, 0) is 43.7 Å². The minimum Gasteiger partial charge on any atom is -0.497 e. The summed E-state index contributed by atoms with van der Waals surface area (Å²) in [7, 11) is 3.27.